The molecule has 0 unspecified atom stereocenters. The summed E-state index contributed by atoms with van der Waals surface area (Å²) in [4.78, 5) is 24.2. The highest BCUT2D eigenvalue weighted by Gasteiger charge is 2.21. The molecule has 0 aliphatic carbocycles. The maximum absolute atomic E-state index is 13.2. The van der Waals surface area contributed by atoms with Crippen molar-refractivity contribution in [3.8, 4) is 5.75 Å². The summed E-state index contributed by atoms with van der Waals surface area (Å²) < 4.78 is 30.5. The monoisotopic (exact) mass is 464 g/mol. The Labute approximate surface area is 192 Å². The van der Waals surface area contributed by atoms with Gasteiger partial charge in [-0.2, -0.15) is 13.9 Å². The number of rotatable bonds is 8. The second kappa shape index (κ2) is 9.49. The lowest BCUT2D eigenvalue weighted by Crippen LogP contribution is -2.08. The van der Waals surface area contributed by atoms with Gasteiger partial charge in [0.15, 0.2) is 0 Å². The predicted molar refractivity (Wildman–Crippen MR) is 123 cm³/mol. The first-order chi connectivity index (χ1) is 16.3. The van der Waals surface area contributed by atoms with Crippen molar-refractivity contribution in [1.29, 1.82) is 0 Å². The van der Waals surface area contributed by atoms with Gasteiger partial charge in [-0.05, 0) is 72.6 Å². The topological polar surface area (TPSA) is 98.2 Å². The largest absolute Gasteiger partial charge is 0.435 e. The van der Waals surface area contributed by atoms with Crippen LogP contribution >= 0.6 is 0 Å². The van der Waals surface area contributed by atoms with Crippen molar-refractivity contribution in [1.82, 2.24) is 4.40 Å². The predicted octanol–water partition coefficient (Wildman–Crippen LogP) is 5.43. The van der Waals surface area contributed by atoms with Crippen molar-refractivity contribution in [3.63, 3.8) is 0 Å². The van der Waals surface area contributed by atoms with Crippen molar-refractivity contribution in [2.75, 3.05) is 5.43 Å². The first-order valence-corrected chi connectivity index (χ1v) is 10.1. The van der Waals surface area contributed by atoms with Gasteiger partial charge < -0.3 is 9.14 Å². The number of aromatic nitrogens is 1. The van der Waals surface area contributed by atoms with Gasteiger partial charge in [-0.3, -0.25) is 20.3 Å². The molecule has 2 heterocycles. The van der Waals surface area contributed by atoms with Crippen LogP contribution in [0.2, 0.25) is 0 Å². The number of alkyl halides is 2. The molecule has 2 aromatic carbocycles. The normalized spacial score (nSPS) is 11.3. The van der Waals surface area contributed by atoms with E-state index in [1.54, 1.807) is 16.7 Å². The van der Waals surface area contributed by atoms with Gasteiger partial charge in [0.25, 0.3) is 5.69 Å². The lowest BCUT2D eigenvalue weighted by atomic mass is 10.0. The molecule has 0 aliphatic rings. The van der Waals surface area contributed by atoms with Crippen LogP contribution in [0.4, 0.5) is 20.2 Å². The smallest absolute Gasteiger partial charge is 0.387 e. The number of nitro benzene ring substituents is 1. The van der Waals surface area contributed by atoms with Crippen LogP contribution in [0.5, 0.6) is 5.75 Å². The molecule has 0 aliphatic heterocycles. The quantitative estimate of drug-likeness (QED) is 0.162. The van der Waals surface area contributed by atoms with Crippen molar-refractivity contribution in [2.45, 2.75) is 13.5 Å². The Bertz CT molecular complexity index is 1400. The van der Waals surface area contributed by atoms with Crippen LogP contribution in [0.15, 0.2) is 78.0 Å². The van der Waals surface area contributed by atoms with E-state index in [0.717, 1.165) is 11.1 Å². The number of ether oxygens (including phenoxy) is 1. The van der Waals surface area contributed by atoms with Gasteiger partial charge in [-0.1, -0.05) is 6.07 Å². The van der Waals surface area contributed by atoms with Crippen LogP contribution in [0.25, 0.3) is 5.52 Å². The average Bonchev–Trinajstić information content (AvgIpc) is 3.15. The van der Waals surface area contributed by atoms with Gasteiger partial charge in [0.2, 0.25) is 5.78 Å². The molecule has 172 valence electrons. The summed E-state index contributed by atoms with van der Waals surface area (Å²) in [6, 6.07) is 17.2. The molecule has 0 radical (unpaired) electrons. The number of carbonyl (C=O) groups is 1. The Balaban J connectivity index is 1.56. The SMILES string of the molecule is Cc1cc2ccccn2c1C(=O)c1ccc(NN=Cc2ccc(OC(F)F)cc2)c([N+](=O)[O-])c1. The Morgan fingerprint density at radius 1 is 1.15 bits per heavy atom. The van der Waals surface area contributed by atoms with Crippen molar-refractivity contribution >= 4 is 28.9 Å². The third-order valence-corrected chi connectivity index (χ3v) is 5.05. The Morgan fingerprint density at radius 2 is 1.91 bits per heavy atom. The summed E-state index contributed by atoms with van der Waals surface area (Å²) in [6.07, 6.45) is 3.13. The Hall–Kier alpha value is -4.60. The summed E-state index contributed by atoms with van der Waals surface area (Å²) >= 11 is 0. The van der Waals surface area contributed by atoms with Gasteiger partial charge in [0.1, 0.15) is 11.4 Å². The van der Waals surface area contributed by atoms with Crippen molar-refractivity contribution in [3.05, 3.63) is 105 Å². The average molecular weight is 464 g/mol. The number of hydrogen-bond acceptors (Lipinski definition) is 6. The number of anilines is 1. The lowest BCUT2D eigenvalue weighted by Gasteiger charge is -2.07. The molecule has 0 saturated carbocycles. The van der Waals surface area contributed by atoms with Crippen LogP contribution in [-0.2, 0) is 0 Å². The number of hydrogen-bond donors (Lipinski definition) is 1. The summed E-state index contributed by atoms with van der Waals surface area (Å²) in [5.74, 6) is -0.338. The summed E-state index contributed by atoms with van der Waals surface area (Å²) in [6.45, 7) is -1.11. The molecule has 1 N–H and O–H groups in total. The fourth-order valence-electron chi connectivity index (χ4n) is 3.51. The highest BCUT2D eigenvalue weighted by Crippen LogP contribution is 2.28. The van der Waals surface area contributed by atoms with E-state index in [1.165, 1.54) is 48.7 Å². The minimum absolute atomic E-state index is 0.00186. The maximum atomic E-state index is 13.2. The first kappa shape index (κ1) is 22.6. The van der Waals surface area contributed by atoms with Gasteiger partial charge in [0.05, 0.1) is 16.8 Å². The number of nitro groups is 1. The molecule has 34 heavy (non-hydrogen) atoms. The summed E-state index contributed by atoms with van der Waals surface area (Å²) in [7, 11) is 0. The van der Waals surface area contributed by atoms with Crippen LogP contribution < -0.4 is 10.2 Å². The molecule has 0 fully saturated rings. The highest BCUT2D eigenvalue weighted by molar-refractivity contribution is 6.10. The lowest BCUT2D eigenvalue weighted by molar-refractivity contribution is -0.384. The van der Waals surface area contributed by atoms with E-state index in [9.17, 15) is 23.7 Å². The zero-order valence-corrected chi connectivity index (χ0v) is 17.8. The standard InChI is InChI=1S/C24H18F2N4O4/c1-15-12-18-4-2-3-11-29(18)22(15)23(31)17-7-10-20(21(13-17)30(32)33)28-27-14-16-5-8-19(9-6-16)34-24(25)26/h2-14,24,28H,1H3. The van der Waals surface area contributed by atoms with Gasteiger partial charge >= 0.3 is 6.61 Å². The summed E-state index contributed by atoms with van der Waals surface area (Å²) in [5.41, 5.74) is 5.13. The zero-order chi connectivity index (χ0) is 24.2. The number of hydrazone groups is 1. The second-order valence-corrected chi connectivity index (χ2v) is 7.31. The van der Waals surface area contributed by atoms with E-state index in [-0.39, 0.29) is 28.5 Å². The molecule has 2 aromatic heterocycles. The number of aryl methyl sites for hydroxylation is 1. The molecule has 0 amide bonds. The number of nitrogens with zero attached hydrogens (tertiary/aromatic N) is 3. The van der Waals surface area contributed by atoms with Gasteiger partial charge in [0, 0.05) is 23.3 Å². The van der Waals surface area contributed by atoms with Gasteiger partial charge in [-0.15, -0.1) is 0 Å². The van der Waals surface area contributed by atoms with E-state index in [1.807, 2.05) is 25.1 Å². The fraction of sp³-hybridized carbons (Fsp3) is 0.0833. The third kappa shape index (κ3) is 4.75. The fourth-order valence-corrected chi connectivity index (χ4v) is 3.51. The van der Waals surface area contributed by atoms with Crippen LogP contribution in [0, 0.1) is 17.0 Å². The minimum atomic E-state index is -2.92. The molecule has 0 atom stereocenters. The molecule has 0 bridgehead atoms. The number of halogens is 2. The van der Waals surface area contributed by atoms with E-state index in [4.69, 9.17) is 0 Å². The molecule has 10 heteroatoms. The Morgan fingerprint density at radius 3 is 2.62 bits per heavy atom. The Kier molecular flexibility index (Phi) is 6.30. The number of ketones is 1. The molecule has 8 nitrogen and oxygen atoms in total. The van der Waals surface area contributed by atoms with Crippen LogP contribution in [0.1, 0.15) is 27.2 Å². The summed E-state index contributed by atoms with van der Waals surface area (Å²) in [5, 5.41) is 15.6. The number of benzene rings is 2. The molecule has 0 spiro atoms. The van der Waals surface area contributed by atoms with E-state index < -0.39 is 11.5 Å². The van der Waals surface area contributed by atoms with Crippen LogP contribution in [-0.4, -0.2) is 27.9 Å². The number of fused-ring (bicyclic) bond motifs is 1. The molecule has 4 rings (SSSR count). The molecular weight excluding hydrogens is 446 g/mol. The first-order valence-electron chi connectivity index (χ1n) is 10.1. The zero-order valence-electron chi connectivity index (χ0n) is 17.8. The molecule has 0 saturated heterocycles. The molecular formula is C24H18F2N4O4. The van der Waals surface area contributed by atoms with Gasteiger partial charge in [-0.25, -0.2) is 0 Å². The maximum Gasteiger partial charge on any atom is 0.387 e. The van der Waals surface area contributed by atoms with Crippen molar-refractivity contribution < 1.29 is 23.2 Å². The van der Waals surface area contributed by atoms with Crippen molar-refractivity contribution in [2.24, 2.45) is 5.10 Å². The number of carbonyl (C=O) groups excluding carboxylic acids is 1. The number of pyridine rings is 1. The van der Waals surface area contributed by atoms with E-state index in [0.29, 0.717) is 11.3 Å². The second-order valence-electron chi connectivity index (χ2n) is 7.31. The molecule has 4 aromatic rings. The third-order valence-electron chi connectivity index (χ3n) is 5.05. The van der Waals surface area contributed by atoms with E-state index in [2.05, 4.69) is 15.3 Å². The minimum Gasteiger partial charge on any atom is -0.435 e. The number of nitrogens with one attached hydrogen (secondary N) is 1. The van der Waals surface area contributed by atoms with Crippen LogP contribution in [0.3, 0.4) is 0 Å². The van der Waals surface area contributed by atoms with E-state index >= 15 is 0 Å². The highest BCUT2D eigenvalue weighted by atomic mass is 19.3.